The highest BCUT2D eigenvalue weighted by Gasteiger charge is 2.22. The monoisotopic (exact) mass is 231 g/mol. The second-order valence-corrected chi connectivity index (χ2v) is 4.33. The summed E-state index contributed by atoms with van der Waals surface area (Å²) in [6.45, 7) is 0. The summed E-state index contributed by atoms with van der Waals surface area (Å²) in [6, 6.07) is 7.55. The molecule has 1 aliphatic rings. The molecule has 4 heteroatoms. The number of anilines is 1. The van der Waals surface area contributed by atoms with Crippen LogP contribution >= 0.6 is 0 Å². The molecule has 1 fully saturated rings. The summed E-state index contributed by atoms with van der Waals surface area (Å²) in [4.78, 5) is 22.7. The summed E-state index contributed by atoms with van der Waals surface area (Å²) >= 11 is 0. The highest BCUT2D eigenvalue weighted by atomic mass is 16.2. The number of carbonyl (C=O) groups is 2. The van der Waals surface area contributed by atoms with Crippen molar-refractivity contribution in [3.8, 4) is 0 Å². The number of carbonyl (C=O) groups excluding carboxylic acids is 2. The number of amides is 2. The summed E-state index contributed by atoms with van der Waals surface area (Å²) in [5.74, 6) is -0.327. The van der Waals surface area contributed by atoms with Gasteiger partial charge in [0, 0.05) is 17.2 Å². The van der Waals surface area contributed by atoms with Crippen LogP contribution in [0.15, 0.2) is 18.2 Å². The van der Waals surface area contributed by atoms with Gasteiger partial charge in [0.15, 0.2) is 0 Å². The summed E-state index contributed by atoms with van der Waals surface area (Å²) < 4.78 is 0. The maximum atomic E-state index is 11.8. The molecule has 17 heavy (non-hydrogen) atoms. The van der Waals surface area contributed by atoms with E-state index >= 15 is 0 Å². The number of hydrogen-bond donors (Lipinski definition) is 2. The Morgan fingerprint density at radius 1 is 1.29 bits per heavy atom. The molecule has 1 aromatic carbocycles. The highest BCUT2D eigenvalue weighted by molar-refractivity contribution is 5.95. The zero-order chi connectivity index (χ0) is 12.3. The van der Waals surface area contributed by atoms with Gasteiger partial charge in [-0.2, -0.15) is 0 Å². The molecule has 1 aromatic rings. The van der Waals surface area contributed by atoms with Crippen LogP contribution in [0.2, 0.25) is 0 Å². The van der Waals surface area contributed by atoms with Crippen LogP contribution in [-0.2, 0) is 4.79 Å². The van der Waals surface area contributed by atoms with Crippen LogP contribution in [0.4, 0.5) is 5.69 Å². The fourth-order valence-electron chi connectivity index (χ4n) is 2.09. The molecule has 2 amide bonds. The molecular formula is C13H15N2O2. The quantitative estimate of drug-likeness (QED) is 0.831. The van der Waals surface area contributed by atoms with Gasteiger partial charge in [0.05, 0.1) is 0 Å². The molecule has 4 nitrogen and oxygen atoms in total. The molecule has 0 atom stereocenters. The van der Waals surface area contributed by atoms with Gasteiger partial charge in [0.1, 0.15) is 0 Å². The first-order valence-corrected chi connectivity index (χ1v) is 5.79. The number of rotatable bonds is 3. The summed E-state index contributed by atoms with van der Waals surface area (Å²) in [7, 11) is 0. The largest absolute Gasteiger partial charge is 0.366 e. The number of benzene rings is 1. The van der Waals surface area contributed by atoms with Crippen molar-refractivity contribution in [3.05, 3.63) is 29.8 Å². The van der Waals surface area contributed by atoms with Gasteiger partial charge >= 0.3 is 0 Å². The molecule has 1 saturated carbocycles. The van der Waals surface area contributed by atoms with Gasteiger partial charge in [0.25, 0.3) is 0 Å². The lowest BCUT2D eigenvalue weighted by atomic mass is 10.1. The van der Waals surface area contributed by atoms with E-state index in [2.05, 4.69) is 11.4 Å². The lowest BCUT2D eigenvalue weighted by Crippen LogP contribution is -2.20. The third-order valence-corrected chi connectivity index (χ3v) is 3.07. The predicted octanol–water partition coefficient (Wildman–Crippen LogP) is 1.71. The van der Waals surface area contributed by atoms with Gasteiger partial charge in [-0.1, -0.05) is 12.8 Å². The zero-order valence-corrected chi connectivity index (χ0v) is 9.53. The number of hydrogen-bond acceptors (Lipinski definition) is 2. The van der Waals surface area contributed by atoms with Gasteiger partial charge in [-0.25, -0.2) is 0 Å². The Kier molecular flexibility index (Phi) is 3.42. The van der Waals surface area contributed by atoms with Crippen molar-refractivity contribution in [2.45, 2.75) is 25.7 Å². The molecular weight excluding hydrogens is 216 g/mol. The summed E-state index contributed by atoms with van der Waals surface area (Å²) in [5.41, 5.74) is 6.09. The number of nitrogens with one attached hydrogen (secondary N) is 1. The minimum atomic E-state index is -0.515. The Bertz CT molecular complexity index is 420. The van der Waals surface area contributed by atoms with E-state index < -0.39 is 5.91 Å². The molecule has 2 rings (SSSR count). The van der Waals surface area contributed by atoms with Gasteiger partial charge in [-0.05, 0) is 37.1 Å². The van der Waals surface area contributed by atoms with Crippen molar-refractivity contribution in [3.63, 3.8) is 0 Å². The van der Waals surface area contributed by atoms with E-state index in [1.807, 2.05) is 0 Å². The molecule has 0 heterocycles. The van der Waals surface area contributed by atoms with Crippen LogP contribution in [0.1, 0.15) is 36.0 Å². The van der Waals surface area contributed by atoms with Crippen molar-refractivity contribution in [1.82, 2.24) is 0 Å². The molecule has 3 N–H and O–H groups in total. The highest BCUT2D eigenvalue weighted by Crippen LogP contribution is 2.25. The van der Waals surface area contributed by atoms with E-state index in [0.717, 1.165) is 25.7 Å². The lowest BCUT2D eigenvalue weighted by Gasteiger charge is -2.10. The fourth-order valence-corrected chi connectivity index (χ4v) is 2.09. The second kappa shape index (κ2) is 4.99. The van der Waals surface area contributed by atoms with Crippen LogP contribution in [-0.4, -0.2) is 11.8 Å². The third kappa shape index (κ3) is 2.84. The summed E-state index contributed by atoms with van der Waals surface area (Å²) in [6.07, 6.45) is 4.19. The van der Waals surface area contributed by atoms with Crippen molar-refractivity contribution < 1.29 is 9.59 Å². The van der Waals surface area contributed by atoms with Gasteiger partial charge in [0.2, 0.25) is 11.8 Å². The Balaban J connectivity index is 1.98. The van der Waals surface area contributed by atoms with E-state index in [-0.39, 0.29) is 11.8 Å². The minimum Gasteiger partial charge on any atom is -0.366 e. The van der Waals surface area contributed by atoms with E-state index in [9.17, 15) is 9.59 Å². The molecule has 1 radical (unpaired) electrons. The SMILES string of the molecule is NC(=O)c1[c]cc(NC(=O)C2CCCC2)cc1. The lowest BCUT2D eigenvalue weighted by molar-refractivity contribution is -0.119. The average molecular weight is 231 g/mol. The van der Waals surface area contributed by atoms with E-state index in [4.69, 9.17) is 5.73 Å². The van der Waals surface area contributed by atoms with Crippen LogP contribution in [0.25, 0.3) is 0 Å². The molecule has 0 aromatic heterocycles. The van der Waals surface area contributed by atoms with Crippen molar-refractivity contribution >= 4 is 17.5 Å². The van der Waals surface area contributed by atoms with E-state index in [0.29, 0.717) is 11.3 Å². The smallest absolute Gasteiger partial charge is 0.249 e. The first-order chi connectivity index (χ1) is 8.16. The second-order valence-electron chi connectivity index (χ2n) is 4.33. The van der Waals surface area contributed by atoms with Gasteiger partial charge in [-0.3, -0.25) is 9.59 Å². The first kappa shape index (κ1) is 11.6. The van der Waals surface area contributed by atoms with Crippen LogP contribution in [0, 0.1) is 12.0 Å². The molecule has 89 valence electrons. The van der Waals surface area contributed by atoms with E-state index in [1.165, 1.54) is 0 Å². The number of nitrogens with two attached hydrogens (primary N) is 1. The third-order valence-electron chi connectivity index (χ3n) is 3.07. The van der Waals surface area contributed by atoms with E-state index in [1.54, 1.807) is 18.2 Å². The van der Waals surface area contributed by atoms with Crippen molar-refractivity contribution in [2.24, 2.45) is 11.7 Å². The van der Waals surface area contributed by atoms with Crippen LogP contribution in [0.3, 0.4) is 0 Å². The average Bonchev–Trinajstić information content (AvgIpc) is 2.83. The molecule has 0 saturated heterocycles. The first-order valence-electron chi connectivity index (χ1n) is 5.79. The fraction of sp³-hybridized carbons (Fsp3) is 0.385. The normalized spacial score (nSPS) is 15.8. The molecule has 0 unspecified atom stereocenters. The summed E-state index contributed by atoms with van der Waals surface area (Å²) in [5, 5.41) is 2.83. The van der Waals surface area contributed by atoms with Gasteiger partial charge < -0.3 is 11.1 Å². The number of primary amides is 1. The zero-order valence-electron chi connectivity index (χ0n) is 9.53. The minimum absolute atomic E-state index is 0.0581. The maximum Gasteiger partial charge on any atom is 0.249 e. The van der Waals surface area contributed by atoms with Crippen LogP contribution < -0.4 is 11.1 Å². The Morgan fingerprint density at radius 2 is 2.00 bits per heavy atom. The van der Waals surface area contributed by atoms with Crippen LogP contribution in [0.5, 0.6) is 0 Å². The Morgan fingerprint density at radius 3 is 2.53 bits per heavy atom. The standard InChI is InChI=1S/C13H15N2O2/c14-12(16)9-5-7-11(8-6-9)15-13(17)10-3-1-2-4-10/h5,7-8,10H,1-4H2,(H2,14,16)(H,15,17). The predicted molar refractivity (Wildman–Crippen MR) is 64.4 cm³/mol. The molecule has 1 aliphatic carbocycles. The molecule has 0 bridgehead atoms. The molecule has 0 spiro atoms. The van der Waals surface area contributed by atoms with Gasteiger partial charge in [-0.15, -0.1) is 0 Å². The Hall–Kier alpha value is -1.84. The topological polar surface area (TPSA) is 72.2 Å². The van der Waals surface area contributed by atoms with Crippen molar-refractivity contribution in [1.29, 1.82) is 0 Å². The Labute approximate surface area is 100 Å². The van der Waals surface area contributed by atoms with Crippen molar-refractivity contribution in [2.75, 3.05) is 5.32 Å². The molecule has 0 aliphatic heterocycles. The maximum absolute atomic E-state index is 11.8.